The number of nitrogens with one attached hydrogen (secondary N) is 2. The molecule has 130 valence electrons. The first-order chi connectivity index (χ1) is 11.5. The third-order valence-electron chi connectivity index (χ3n) is 4.12. The van der Waals surface area contributed by atoms with Gasteiger partial charge in [0.2, 0.25) is 11.8 Å². The van der Waals surface area contributed by atoms with E-state index in [1.807, 2.05) is 6.92 Å². The van der Waals surface area contributed by atoms with E-state index in [0.29, 0.717) is 24.3 Å². The zero-order valence-electron chi connectivity index (χ0n) is 14.3. The summed E-state index contributed by atoms with van der Waals surface area (Å²) in [6, 6.07) is 6.75. The maximum absolute atomic E-state index is 12.3. The lowest BCUT2D eigenvalue weighted by molar-refractivity contribution is -0.128. The van der Waals surface area contributed by atoms with Crippen LogP contribution in [0.1, 0.15) is 43.5 Å². The molecule has 2 N–H and O–H groups in total. The number of hydrogen-bond acceptors (Lipinski definition) is 3. The summed E-state index contributed by atoms with van der Waals surface area (Å²) in [7, 11) is 0. The normalized spacial score (nSPS) is 17.0. The topological polar surface area (TPSA) is 78.5 Å². The number of carbonyl (C=O) groups excluding carboxylic acids is 3. The van der Waals surface area contributed by atoms with Crippen LogP contribution in [0.2, 0.25) is 0 Å². The molecule has 0 unspecified atom stereocenters. The molecule has 0 bridgehead atoms. The van der Waals surface area contributed by atoms with E-state index in [1.54, 1.807) is 29.2 Å². The van der Waals surface area contributed by atoms with Crippen molar-refractivity contribution < 1.29 is 14.4 Å². The van der Waals surface area contributed by atoms with E-state index >= 15 is 0 Å². The molecule has 3 amide bonds. The van der Waals surface area contributed by atoms with Gasteiger partial charge in [-0.15, -0.1) is 0 Å². The van der Waals surface area contributed by atoms with Crippen molar-refractivity contribution in [3.05, 3.63) is 29.8 Å². The van der Waals surface area contributed by atoms with Crippen molar-refractivity contribution in [3.8, 4) is 0 Å². The van der Waals surface area contributed by atoms with Crippen LogP contribution in [0, 0.1) is 5.92 Å². The zero-order valence-corrected chi connectivity index (χ0v) is 14.3. The monoisotopic (exact) mass is 331 g/mol. The third kappa shape index (κ3) is 4.57. The Hall–Kier alpha value is -2.37. The van der Waals surface area contributed by atoms with Crippen LogP contribution in [0.15, 0.2) is 24.3 Å². The highest BCUT2D eigenvalue weighted by molar-refractivity contribution is 5.98. The van der Waals surface area contributed by atoms with Crippen LogP contribution in [0.5, 0.6) is 0 Å². The SMILES string of the molecule is CCCCN1C[C@H](C(=O)Nc2ccc(C(=O)NCC)cc2)CC1=O. The molecule has 6 nitrogen and oxygen atoms in total. The molecule has 1 atom stereocenters. The Morgan fingerprint density at radius 1 is 1.21 bits per heavy atom. The van der Waals surface area contributed by atoms with Gasteiger partial charge in [0, 0.05) is 37.3 Å². The third-order valence-corrected chi connectivity index (χ3v) is 4.12. The van der Waals surface area contributed by atoms with Gasteiger partial charge in [0.1, 0.15) is 0 Å². The molecule has 0 spiro atoms. The Morgan fingerprint density at radius 3 is 2.54 bits per heavy atom. The van der Waals surface area contributed by atoms with E-state index in [2.05, 4.69) is 17.6 Å². The van der Waals surface area contributed by atoms with E-state index in [1.165, 1.54) is 0 Å². The number of anilines is 1. The summed E-state index contributed by atoms with van der Waals surface area (Å²) in [6.45, 7) is 5.72. The Kier molecular flexibility index (Phi) is 6.35. The summed E-state index contributed by atoms with van der Waals surface area (Å²) in [5, 5.41) is 5.55. The van der Waals surface area contributed by atoms with Crippen LogP contribution in [-0.4, -0.2) is 42.3 Å². The van der Waals surface area contributed by atoms with Gasteiger partial charge in [-0.05, 0) is 37.6 Å². The van der Waals surface area contributed by atoms with E-state index in [4.69, 9.17) is 0 Å². The van der Waals surface area contributed by atoms with Crippen LogP contribution in [-0.2, 0) is 9.59 Å². The largest absolute Gasteiger partial charge is 0.352 e. The highest BCUT2D eigenvalue weighted by atomic mass is 16.2. The number of nitrogens with zero attached hydrogens (tertiary/aromatic N) is 1. The standard InChI is InChI=1S/C18H25N3O3/c1-3-5-10-21-12-14(11-16(21)22)18(24)20-15-8-6-13(7-9-15)17(23)19-4-2/h6-9,14H,3-5,10-12H2,1-2H3,(H,19,23)(H,20,24)/t14-/m1/s1. The molecule has 1 fully saturated rings. The summed E-state index contributed by atoms with van der Waals surface area (Å²) in [5.74, 6) is -0.538. The second-order valence-electron chi connectivity index (χ2n) is 6.02. The average molecular weight is 331 g/mol. The molecular weight excluding hydrogens is 306 g/mol. The fourth-order valence-electron chi connectivity index (χ4n) is 2.72. The molecule has 6 heteroatoms. The average Bonchev–Trinajstić information content (AvgIpc) is 2.95. The van der Waals surface area contributed by atoms with Crippen molar-refractivity contribution >= 4 is 23.4 Å². The lowest BCUT2D eigenvalue weighted by atomic mass is 10.1. The first-order valence-electron chi connectivity index (χ1n) is 8.52. The summed E-state index contributed by atoms with van der Waals surface area (Å²) >= 11 is 0. The van der Waals surface area contributed by atoms with Gasteiger partial charge in [-0.3, -0.25) is 14.4 Å². The molecular formula is C18H25N3O3. The van der Waals surface area contributed by atoms with Gasteiger partial charge in [-0.1, -0.05) is 13.3 Å². The van der Waals surface area contributed by atoms with Crippen LogP contribution < -0.4 is 10.6 Å². The first kappa shape index (κ1) is 18.0. The Balaban J connectivity index is 1.90. The molecule has 2 rings (SSSR count). The van der Waals surface area contributed by atoms with Gasteiger partial charge in [-0.25, -0.2) is 0 Å². The van der Waals surface area contributed by atoms with E-state index in [9.17, 15) is 14.4 Å². The molecule has 1 aromatic carbocycles. The predicted octanol–water partition coefficient (Wildman–Crippen LogP) is 2.02. The van der Waals surface area contributed by atoms with Crippen molar-refractivity contribution in [2.45, 2.75) is 33.1 Å². The summed E-state index contributed by atoms with van der Waals surface area (Å²) in [6.07, 6.45) is 2.26. The molecule has 1 aliphatic heterocycles. The number of amides is 3. The van der Waals surface area contributed by atoms with Crippen LogP contribution in [0.25, 0.3) is 0 Å². The highest BCUT2D eigenvalue weighted by Crippen LogP contribution is 2.20. The highest BCUT2D eigenvalue weighted by Gasteiger charge is 2.33. The lowest BCUT2D eigenvalue weighted by Gasteiger charge is -2.16. The van der Waals surface area contributed by atoms with Crippen molar-refractivity contribution in [3.63, 3.8) is 0 Å². The van der Waals surface area contributed by atoms with Crippen LogP contribution in [0.3, 0.4) is 0 Å². The van der Waals surface area contributed by atoms with E-state index in [0.717, 1.165) is 19.4 Å². The van der Waals surface area contributed by atoms with Crippen molar-refractivity contribution in [2.24, 2.45) is 5.92 Å². The van der Waals surface area contributed by atoms with Crippen molar-refractivity contribution in [1.82, 2.24) is 10.2 Å². The molecule has 1 saturated heterocycles. The summed E-state index contributed by atoms with van der Waals surface area (Å²) in [5.41, 5.74) is 1.18. The fraction of sp³-hybridized carbons (Fsp3) is 0.500. The van der Waals surface area contributed by atoms with Gasteiger partial charge < -0.3 is 15.5 Å². The van der Waals surface area contributed by atoms with Gasteiger partial charge >= 0.3 is 0 Å². The molecule has 1 aromatic rings. The predicted molar refractivity (Wildman–Crippen MR) is 92.7 cm³/mol. The number of rotatable bonds is 7. The molecule has 24 heavy (non-hydrogen) atoms. The molecule has 0 saturated carbocycles. The second-order valence-corrected chi connectivity index (χ2v) is 6.02. The Bertz CT molecular complexity index is 598. The van der Waals surface area contributed by atoms with Gasteiger partial charge in [0.05, 0.1) is 5.92 Å². The zero-order chi connectivity index (χ0) is 17.5. The number of likely N-dealkylation sites (tertiary alicyclic amines) is 1. The first-order valence-corrected chi connectivity index (χ1v) is 8.52. The lowest BCUT2D eigenvalue weighted by Crippen LogP contribution is -2.29. The van der Waals surface area contributed by atoms with E-state index < -0.39 is 0 Å². The van der Waals surface area contributed by atoms with Gasteiger partial charge in [0.15, 0.2) is 0 Å². The van der Waals surface area contributed by atoms with Gasteiger partial charge in [0.25, 0.3) is 5.91 Å². The molecule has 0 radical (unpaired) electrons. The van der Waals surface area contributed by atoms with Crippen molar-refractivity contribution in [2.75, 3.05) is 25.0 Å². The van der Waals surface area contributed by atoms with Crippen LogP contribution in [0.4, 0.5) is 5.69 Å². The quantitative estimate of drug-likeness (QED) is 0.802. The van der Waals surface area contributed by atoms with Crippen LogP contribution >= 0.6 is 0 Å². The van der Waals surface area contributed by atoms with Crippen molar-refractivity contribution in [1.29, 1.82) is 0 Å². The minimum Gasteiger partial charge on any atom is -0.352 e. The van der Waals surface area contributed by atoms with E-state index in [-0.39, 0.29) is 30.1 Å². The number of carbonyl (C=O) groups is 3. The molecule has 1 heterocycles. The Labute approximate surface area is 142 Å². The number of unbranched alkanes of at least 4 members (excludes halogenated alkanes) is 1. The maximum Gasteiger partial charge on any atom is 0.251 e. The molecule has 0 aliphatic carbocycles. The molecule has 0 aromatic heterocycles. The summed E-state index contributed by atoms with van der Waals surface area (Å²) < 4.78 is 0. The fourth-order valence-corrected chi connectivity index (χ4v) is 2.72. The molecule has 1 aliphatic rings. The maximum atomic E-state index is 12.3. The number of hydrogen-bond donors (Lipinski definition) is 2. The smallest absolute Gasteiger partial charge is 0.251 e. The second kappa shape index (κ2) is 8.47. The van der Waals surface area contributed by atoms with Gasteiger partial charge in [-0.2, -0.15) is 0 Å². The number of benzene rings is 1. The summed E-state index contributed by atoms with van der Waals surface area (Å²) in [4.78, 5) is 37.7. The minimum absolute atomic E-state index is 0.0511. The minimum atomic E-state index is -0.308. The Morgan fingerprint density at radius 2 is 1.92 bits per heavy atom.